The van der Waals surface area contributed by atoms with Gasteiger partial charge in [0.15, 0.2) is 11.5 Å². The molecule has 30 heavy (non-hydrogen) atoms. The fourth-order valence-electron chi connectivity index (χ4n) is 6.42. The van der Waals surface area contributed by atoms with Crippen LogP contribution in [0, 0.1) is 11.3 Å². The van der Waals surface area contributed by atoms with Crippen LogP contribution in [-0.4, -0.2) is 38.5 Å². The molecule has 2 aromatic rings. The van der Waals surface area contributed by atoms with Crippen molar-refractivity contribution in [3.8, 4) is 11.5 Å². The highest BCUT2D eigenvalue weighted by Crippen LogP contribution is 2.60. The lowest BCUT2D eigenvalue weighted by Gasteiger charge is -2.51. The monoisotopic (exact) mass is 425 g/mol. The molecule has 1 aromatic heterocycles. The van der Waals surface area contributed by atoms with Crippen molar-refractivity contribution >= 4 is 23.5 Å². The molecule has 9 heteroatoms. The number of aromatic nitrogens is 1. The van der Waals surface area contributed by atoms with E-state index in [-0.39, 0.29) is 29.0 Å². The van der Waals surface area contributed by atoms with Crippen molar-refractivity contribution in [3.05, 3.63) is 17.3 Å². The summed E-state index contributed by atoms with van der Waals surface area (Å²) in [5.74, 6) is -3.08. The summed E-state index contributed by atoms with van der Waals surface area (Å²) in [6, 6.07) is 1.24. The first kappa shape index (κ1) is 21.4. The predicted octanol–water partition coefficient (Wildman–Crippen LogP) is 3.78. The van der Waals surface area contributed by atoms with Gasteiger partial charge in [-0.1, -0.05) is 27.2 Å². The predicted molar refractivity (Wildman–Crippen MR) is 108 cm³/mol. The van der Waals surface area contributed by atoms with E-state index in [0.717, 1.165) is 12.8 Å². The molecule has 164 valence electrons. The van der Waals surface area contributed by atoms with Crippen LogP contribution in [0.25, 0.3) is 10.9 Å². The van der Waals surface area contributed by atoms with E-state index < -0.39 is 41.6 Å². The van der Waals surface area contributed by atoms with E-state index in [0.29, 0.717) is 23.8 Å². The molecule has 0 aliphatic heterocycles. The molecule has 5 nitrogen and oxygen atoms in total. The van der Waals surface area contributed by atoms with Crippen molar-refractivity contribution in [2.24, 2.45) is 11.3 Å². The van der Waals surface area contributed by atoms with Crippen LogP contribution >= 0.6 is 0 Å². The van der Waals surface area contributed by atoms with Gasteiger partial charge in [0.05, 0.1) is 11.4 Å². The van der Waals surface area contributed by atoms with E-state index in [4.69, 9.17) is 0 Å². The quantitative estimate of drug-likeness (QED) is 0.355. The summed E-state index contributed by atoms with van der Waals surface area (Å²) in [5, 5.41) is 40.3. The average Bonchev–Trinajstić information content (AvgIpc) is 2.88. The second-order valence-corrected chi connectivity index (χ2v) is 9.85. The number of nitrogens with one attached hydrogen (secondary N) is 1. The molecule has 1 fully saturated rings. The van der Waals surface area contributed by atoms with Gasteiger partial charge >= 0.3 is 13.3 Å². The molecule has 0 bridgehead atoms. The maximum atomic E-state index is 14.1. The topological polar surface area (TPSA) is 96.7 Å². The Labute approximate surface area is 173 Å². The molecule has 5 N–H and O–H groups in total. The lowest BCUT2D eigenvalue weighted by Crippen LogP contribution is -2.44. The van der Waals surface area contributed by atoms with Crippen LogP contribution in [0.5, 0.6) is 11.5 Å². The average molecular weight is 425 g/mol. The van der Waals surface area contributed by atoms with Gasteiger partial charge in [-0.25, -0.2) is 0 Å². The van der Waals surface area contributed by atoms with Gasteiger partial charge in [0.25, 0.3) is 0 Å². The summed E-state index contributed by atoms with van der Waals surface area (Å²) in [6.07, 6.45) is -1.63. The molecule has 1 heterocycles. The van der Waals surface area contributed by atoms with Crippen LogP contribution < -0.4 is 5.46 Å². The summed E-state index contributed by atoms with van der Waals surface area (Å²) in [6.45, 7) is 6.19. The van der Waals surface area contributed by atoms with Crippen LogP contribution in [0.15, 0.2) is 6.07 Å². The zero-order valence-electron chi connectivity index (χ0n) is 17.3. The number of benzene rings is 1. The van der Waals surface area contributed by atoms with Gasteiger partial charge in [-0.2, -0.15) is 13.2 Å². The minimum atomic E-state index is -4.48. The summed E-state index contributed by atoms with van der Waals surface area (Å²) < 4.78 is 42.4. The molecule has 0 radical (unpaired) electrons. The Morgan fingerprint density at radius 1 is 1.10 bits per heavy atom. The first-order valence-corrected chi connectivity index (χ1v) is 10.3. The first-order chi connectivity index (χ1) is 13.8. The second kappa shape index (κ2) is 6.56. The molecular weight excluding hydrogens is 398 g/mol. The smallest absolute Gasteiger partial charge is 0.494 e. The van der Waals surface area contributed by atoms with Crippen molar-refractivity contribution in [2.45, 2.75) is 70.4 Å². The largest absolute Gasteiger partial charge is 0.504 e. The summed E-state index contributed by atoms with van der Waals surface area (Å²) in [5.41, 5.74) is -0.637. The number of phenols is 2. The lowest BCUT2D eigenvalue weighted by molar-refractivity contribution is -0.153. The Balaban J connectivity index is 2.12. The van der Waals surface area contributed by atoms with Crippen molar-refractivity contribution in [1.29, 1.82) is 0 Å². The highest BCUT2D eigenvalue weighted by Gasteiger charge is 2.55. The standard InChI is InChI=1S/C21H27BF3NO4/c1-19(2)7-4-8-20(3)13(19)6-5-11(21(23,24)25)17-14(20)10-9-12(27)18(28)15(22(29)30)16(10)26-17/h9,11,13,26-30H,4-8H2,1-3H3/t11?,13-,20-/m1/s1. The Kier molecular flexibility index (Phi) is 4.68. The molecule has 3 atom stereocenters. The number of H-pyrrole nitrogens is 1. The molecular formula is C21H27BF3NO4. The minimum absolute atomic E-state index is 0.00657. The summed E-state index contributed by atoms with van der Waals surface area (Å²) >= 11 is 0. The Morgan fingerprint density at radius 3 is 2.37 bits per heavy atom. The minimum Gasteiger partial charge on any atom is -0.504 e. The van der Waals surface area contributed by atoms with Crippen molar-refractivity contribution < 1.29 is 33.4 Å². The van der Waals surface area contributed by atoms with Gasteiger partial charge in [0.1, 0.15) is 0 Å². The van der Waals surface area contributed by atoms with Gasteiger partial charge in [0, 0.05) is 16.6 Å². The number of fused-ring (bicyclic) bond motifs is 5. The van der Waals surface area contributed by atoms with Crippen molar-refractivity contribution in [2.75, 3.05) is 0 Å². The number of phenolic OH excluding ortho intramolecular Hbond substituents is 2. The Morgan fingerprint density at radius 2 is 1.77 bits per heavy atom. The van der Waals surface area contributed by atoms with Gasteiger partial charge in [-0.3, -0.25) is 0 Å². The lowest BCUT2D eigenvalue weighted by atomic mass is 9.53. The highest BCUT2D eigenvalue weighted by atomic mass is 19.4. The van der Waals surface area contributed by atoms with Crippen molar-refractivity contribution in [3.63, 3.8) is 0 Å². The van der Waals surface area contributed by atoms with E-state index in [2.05, 4.69) is 18.8 Å². The number of hydrogen-bond donors (Lipinski definition) is 5. The molecule has 0 spiro atoms. The van der Waals surface area contributed by atoms with Gasteiger partial charge in [-0.05, 0) is 54.1 Å². The Hall–Kier alpha value is -1.87. The third-order valence-corrected chi connectivity index (χ3v) is 7.66. The van der Waals surface area contributed by atoms with E-state index in [1.165, 1.54) is 6.07 Å². The number of halogens is 3. The third kappa shape index (κ3) is 2.92. The van der Waals surface area contributed by atoms with E-state index in [1.807, 2.05) is 6.92 Å². The van der Waals surface area contributed by atoms with Crippen LogP contribution in [-0.2, 0) is 5.41 Å². The molecule has 0 amide bonds. The van der Waals surface area contributed by atoms with E-state index in [9.17, 15) is 33.4 Å². The summed E-state index contributed by atoms with van der Waals surface area (Å²) in [4.78, 5) is 2.81. The zero-order valence-corrected chi connectivity index (χ0v) is 17.3. The molecule has 1 unspecified atom stereocenters. The van der Waals surface area contributed by atoms with Crippen LogP contribution in [0.4, 0.5) is 13.2 Å². The van der Waals surface area contributed by atoms with Crippen LogP contribution in [0.2, 0.25) is 0 Å². The molecule has 1 aromatic carbocycles. The molecule has 2 aliphatic rings. The molecule has 0 saturated heterocycles. The SMILES string of the molecule is CC1(C)CCC[C@@]2(C)c3c([nH]c4c(B(O)O)c(O)c(O)cc34)C(C(F)(F)F)CC[C@H]12. The van der Waals surface area contributed by atoms with Crippen LogP contribution in [0.1, 0.15) is 70.1 Å². The zero-order chi connectivity index (χ0) is 22.2. The van der Waals surface area contributed by atoms with E-state index >= 15 is 0 Å². The molecule has 1 saturated carbocycles. The maximum absolute atomic E-state index is 14.1. The van der Waals surface area contributed by atoms with E-state index in [1.54, 1.807) is 0 Å². The number of alkyl halides is 3. The molecule has 2 aliphatic carbocycles. The second-order valence-electron chi connectivity index (χ2n) is 9.85. The number of rotatable bonds is 1. The van der Waals surface area contributed by atoms with Gasteiger partial charge < -0.3 is 25.2 Å². The number of aromatic amines is 1. The number of hydrogen-bond acceptors (Lipinski definition) is 4. The molecule has 4 rings (SSSR count). The first-order valence-electron chi connectivity index (χ1n) is 10.3. The van der Waals surface area contributed by atoms with Gasteiger partial charge in [0.2, 0.25) is 0 Å². The van der Waals surface area contributed by atoms with Crippen LogP contribution in [0.3, 0.4) is 0 Å². The fraction of sp³-hybridized carbons (Fsp3) is 0.619. The normalized spacial score (nSPS) is 28.7. The number of aromatic hydroxyl groups is 2. The summed E-state index contributed by atoms with van der Waals surface area (Å²) in [7, 11) is -2.15. The van der Waals surface area contributed by atoms with Gasteiger partial charge in [-0.15, -0.1) is 0 Å². The van der Waals surface area contributed by atoms with Crippen molar-refractivity contribution in [1.82, 2.24) is 4.98 Å². The third-order valence-electron chi connectivity index (χ3n) is 7.66. The maximum Gasteiger partial charge on any atom is 0.494 e. The Bertz CT molecular complexity index is 1000. The fourth-order valence-corrected chi connectivity index (χ4v) is 6.42. The highest BCUT2D eigenvalue weighted by molar-refractivity contribution is 6.63.